The molecular weight excluding hydrogens is 308 g/mol. The summed E-state index contributed by atoms with van der Waals surface area (Å²) in [6.07, 6.45) is 9.18. The zero-order chi connectivity index (χ0) is 16.8. The maximum atomic E-state index is 4.73. The normalized spacial score (nSPS) is 26.2. The lowest BCUT2D eigenvalue weighted by atomic mass is 9.98. The molecule has 0 amide bonds. The Labute approximate surface area is 148 Å². The second kappa shape index (κ2) is 5.88. The number of hydrogen-bond acceptors (Lipinski definition) is 3. The van der Waals surface area contributed by atoms with Crippen LogP contribution in [0.25, 0.3) is 22.2 Å². The highest BCUT2D eigenvalue weighted by atomic mass is 15.2. The van der Waals surface area contributed by atoms with Crippen molar-refractivity contribution in [3.8, 4) is 11.3 Å². The van der Waals surface area contributed by atoms with Gasteiger partial charge in [-0.15, -0.1) is 0 Å². The van der Waals surface area contributed by atoms with Gasteiger partial charge in [0.25, 0.3) is 0 Å². The van der Waals surface area contributed by atoms with E-state index in [0.29, 0.717) is 6.04 Å². The molecule has 2 aliphatic heterocycles. The molecule has 0 aliphatic carbocycles. The first-order chi connectivity index (χ1) is 12.3. The number of anilines is 1. The molecule has 2 N–H and O–H groups in total. The van der Waals surface area contributed by atoms with Crippen LogP contribution in [-0.2, 0) is 0 Å². The second-order valence-corrected chi connectivity index (χ2v) is 7.54. The van der Waals surface area contributed by atoms with E-state index in [1.54, 1.807) is 0 Å². The first kappa shape index (κ1) is 15.0. The minimum absolute atomic E-state index is 0.578. The number of piperidine rings is 1. The average Bonchev–Trinajstić information content (AvgIpc) is 3.17. The minimum atomic E-state index is 0.578. The van der Waals surface area contributed by atoms with Gasteiger partial charge in [0, 0.05) is 40.8 Å². The molecule has 128 valence electrons. The Bertz CT molecular complexity index is 868. The van der Waals surface area contributed by atoms with Crippen molar-refractivity contribution >= 4 is 16.6 Å². The van der Waals surface area contributed by atoms with Crippen LogP contribution in [0.3, 0.4) is 0 Å². The van der Waals surface area contributed by atoms with Gasteiger partial charge in [-0.3, -0.25) is 4.98 Å². The number of nitrogens with zero attached hydrogens (tertiary/aromatic N) is 2. The summed E-state index contributed by atoms with van der Waals surface area (Å²) in [6, 6.07) is 14.8. The molecule has 4 nitrogen and oxygen atoms in total. The third-order valence-corrected chi connectivity index (χ3v) is 6.10. The standard InChI is InChI=1S/C21H24N4/c1-25-16-6-7-17(25)12-15(11-16)24-14-5-8-21(23-13-14)18-3-2-4-20-19(18)9-10-22-20/h2-5,8-10,13,15-17,22,24H,6-7,11-12H2,1H3/t15-,16+,17-. The third-order valence-electron chi connectivity index (χ3n) is 6.10. The largest absolute Gasteiger partial charge is 0.381 e. The SMILES string of the molecule is CN1[C@@H]2CC[C@H]1C[C@@H](Nc1ccc(-c3cccc4[nH]ccc34)nc1)C2. The molecule has 2 bridgehead atoms. The molecule has 2 saturated heterocycles. The Morgan fingerprint density at radius 2 is 1.92 bits per heavy atom. The van der Waals surface area contributed by atoms with E-state index >= 15 is 0 Å². The lowest BCUT2D eigenvalue weighted by Crippen LogP contribution is -2.44. The fraction of sp³-hybridized carbons (Fsp3) is 0.381. The maximum absolute atomic E-state index is 4.73. The molecule has 2 aromatic heterocycles. The Hall–Kier alpha value is -2.33. The number of hydrogen-bond donors (Lipinski definition) is 2. The molecule has 2 aliphatic rings. The Kier molecular flexibility index (Phi) is 3.52. The van der Waals surface area contributed by atoms with Crippen LogP contribution in [0, 0.1) is 0 Å². The van der Waals surface area contributed by atoms with E-state index in [0.717, 1.165) is 29.0 Å². The van der Waals surface area contributed by atoms with Gasteiger partial charge in [-0.2, -0.15) is 0 Å². The molecule has 0 spiro atoms. The first-order valence-electron chi connectivity index (χ1n) is 9.29. The van der Waals surface area contributed by atoms with Crippen LogP contribution in [0.5, 0.6) is 0 Å². The van der Waals surface area contributed by atoms with Gasteiger partial charge in [-0.05, 0) is 57.0 Å². The monoisotopic (exact) mass is 332 g/mol. The Morgan fingerprint density at radius 3 is 2.68 bits per heavy atom. The zero-order valence-electron chi connectivity index (χ0n) is 14.6. The summed E-state index contributed by atoms with van der Waals surface area (Å²) in [6.45, 7) is 0. The van der Waals surface area contributed by atoms with Crippen molar-refractivity contribution in [2.24, 2.45) is 0 Å². The van der Waals surface area contributed by atoms with Crippen LogP contribution in [-0.4, -0.2) is 40.0 Å². The van der Waals surface area contributed by atoms with E-state index in [9.17, 15) is 0 Å². The number of benzene rings is 1. The molecule has 0 radical (unpaired) electrons. The number of aromatic amines is 1. The highest BCUT2D eigenvalue weighted by Crippen LogP contribution is 2.35. The van der Waals surface area contributed by atoms with Gasteiger partial charge in [0.2, 0.25) is 0 Å². The lowest BCUT2D eigenvalue weighted by molar-refractivity contribution is 0.169. The van der Waals surface area contributed by atoms with E-state index in [4.69, 9.17) is 4.98 Å². The fourth-order valence-electron chi connectivity index (χ4n) is 4.71. The molecule has 5 rings (SSSR count). The second-order valence-electron chi connectivity index (χ2n) is 7.54. The number of pyridine rings is 1. The van der Waals surface area contributed by atoms with Crippen molar-refractivity contribution in [3.63, 3.8) is 0 Å². The van der Waals surface area contributed by atoms with E-state index < -0.39 is 0 Å². The van der Waals surface area contributed by atoms with Crippen molar-refractivity contribution in [3.05, 3.63) is 48.8 Å². The van der Waals surface area contributed by atoms with Crippen molar-refractivity contribution in [1.82, 2.24) is 14.9 Å². The van der Waals surface area contributed by atoms with E-state index in [1.807, 2.05) is 12.4 Å². The van der Waals surface area contributed by atoms with Crippen LogP contribution >= 0.6 is 0 Å². The molecule has 2 fully saturated rings. The van der Waals surface area contributed by atoms with Crippen LogP contribution in [0.4, 0.5) is 5.69 Å². The molecule has 0 unspecified atom stereocenters. The van der Waals surface area contributed by atoms with Crippen LogP contribution < -0.4 is 5.32 Å². The molecular formula is C21H24N4. The zero-order valence-corrected chi connectivity index (χ0v) is 14.6. The summed E-state index contributed by atoms with van der Waals surface area (Å²) in [5, 5.41) is 4.94. The number of nitrogens with one attached hydrogen (secondary N) is 2. The van der Waals surface area contributed by atoms with Crippen LogP contribution in [0.2, 0.25) is 0 Å². The van der Waals surface area contributed by atoms with Crippen LogP contribution in [0.1, 0.15) is 25.7 Å². The van der Waals surface area contributed by atoms with Crippen molar-refractivity contribution in [1.29, 1.82) is 0 Å². The summed E-state index contributed by atoms with van der Waals surface area (Å²) >= 11 is 0. The van der Waals surface area contributed by atoms with Gasteiger partial charge in [0.1, 0.15) is 0 Å². The summed E-state index contributed by atoms with van der Waals surface area (Å²) in [5.74, 6) is 0. The van der Waals surface area contributed by atoms with Gasteiger partial charge in [-0.25, -0.2) is 0 Å². The molecule has 3 aromatic rings. The van der Waals surface area contributed by atoms with Gasteiger partial charge in [0.15, 0.2) is 0 Å². The predicted octanol–water partition coefficient (Wildman–Crippen LogP) is 4.27. The smallest absolute Gasteiger partial charge is 0.0710 e. The fourth-order valence-corrected chi connectivity index (χ4v) is 4.71. The highest BCUT2D eigenvalue weighted by molar-refractivity contribution is 5.94. The topological polar surface area (TPSA) is 44.0 Å². The van der Waals surface area contributed by atoms with E-state index in [2.05, 4.69) is 58.6 Å². The molecule has 1 aromatic carbocycles. The van der Waals surface area contributed by atoms with Gasteiger partial charge in [0.05, 0.1) is 17.6 Å². The Balaban J connectivity index is 1.35. The highest BCUT2D eigenvalue weighted by Gasteiger charge is 2.38. The summed E-state index contributed by atoms with van der Waals surface area (Å²) in [7, 11) is 2.29. The summed E-state index contributed by atoms with van der Waals surface area (Å²) in [5.41, 5.74) is 4.50. The third kappa shape index (κ3) is 2.61. The minimum Gasteiger partial charge on any atom is -0.381 e. The van der Waals surface area contributed by atoms with Gasteiger partial charge >= 0.3 is 0 Å². The molecule has 4 heterocycles. The average molecular weight is 332 g/mol. The quantitative estimate of drug-likeness (QED) is 0.753. The number of fused-ring (bicyclic) bond motifs is 3. The number of aromatic nitrogens is 2. The van der Waals surface area contributed by atoms with Crippen molar-refractivity contribution in [2.45, 2.75) is 43.8 Å². The Morgan fingerprint density at radius 1 is 1.08 bits per heavy atom. The van der Waals surface area contributed by atoms with E-state index in [-0.39, 0.29) is 0 Å². The van der Waals surface area contributed by atoms with Gasteiger partial charge in [-0.1, -0.05) is 12.1 Å². The summed E-state index contributed by atoms with van der Waals surface area (Å²) < 4.78 is 0. The molecule has 25 heavy (non-hydrogen) atoms. The van der Waals surface area contributed by atoms with Crippen LogP contribution in [0.15, 0.2) is 48.8 Å². The van der Waals surface area contributed by atoms with Crippen molar-refractivity contribution in [2.75, 3.05) is 12.4 Å². The maximum Gasteiger partial charge on any atom is 0.0710 e. The first-order valence-corrected chi connectivity index (χ1v) is 9.29. The molecule has 3 atom stereocenters. The number of rotatable bonds is 3. The predicted molar refractivity (Wildman–Crippen MR) is 103 cm³/mol. The van der Waals surface area contributed by atoms with Gasteiger partial charge < -0.3 is 15.2 Å². The van der Waals surface area contributed by atoms with E-state index in [1.165, 1.54) is 36.6 Å². The molecule has 4 heteroatoms. The molecule has 0 saturated carbocycles. The van der Waals surface area contributed by atoms with Crippen molar-refractivity contribution < 1.29 is 0 Å². The lowest BCUT2D eigenvalue weighted by Gasteiger charge is -2.37. The number of H-pyrrole nitrogens is 1. The summed E-state index contributed by atoms with van der Waals surface area (Å²) in [4.78, 5) is 10.6.